The van der Waals surface area contributed by atoms with Gasteiger partial charge >= 0.3 is 5.97 Å². The van der Waals surface area contributed by atoms with Crippen molar-refractivity contribution in [2.24, 2.45) is 0 Å². The Balaban J connectivity index is 2.16. The van der Waals surface area contributed by atoms with E-state index >= 15 is 0 Å². The molecule has 0 radical (unpaired) electrons. The van der Waals surface area contributed by atoms with Gasteiger partial charge in [-0.25, -0.2) is 4.98 Å². The molecule has 1 atom stereocenters. The van der Waals surface area contributed by atoms with Crippen LogP contribution < -0.4 is 5.32 Å². The van der Waals surface area contributed by atoms with Crippen LogP contribution in [0.2, 0.25) is 0 Å². The van der Waals surface area contributed by atoms with Gasteiger partial charge in [0, 0.05) is 32.3 Å². The normalized spacial score (nSPS) is 18.3. The predicted octanol–water partition coefficient (Wildman–Crippen LogP) is 1.98. The average Bonchev–Trinajstić information content (AvgIpc) is 2.52. The van der Waals surface area contributed by atoms with Crippen LogP contribution in [-0.2, 0) is 4.79 Å². The fraction of sp³-hybridized carbons (Fsp3) is 0.533. The number of carboxylic acid groups (broad SMARTS) is 1. The van der Waals surface area contributed by atoms with Crippen LogP contribution in [-0.4, -0.2) is 46.5 Å². The first-order valence-electron chi connectivity index (χ1n) is 7.29. The van der Waals surface area contributed by atoms with E-state index in [1.165, 1.54) is 0 Å². The van der Waals surface area contributed by atoms with E-state index in [-0.39, 0.29) is 18.4 Å². The van der Waals surface area contributed by atoms with Crippen LogP contribution in [0.5, 0.6) is 0 Å². The van der Waals surface area contributed by atoms with Crippen LogP contribution in [0.4, 0.5) is 5.82 Å². The lowest BCUT2D eigenvalue weighted by Gasteiger charge is -2.36. The van der Waals surface area contributed by atoms with E-state index in [1.54, 1.807) is 25.4 Å². The monoisotopic (exact) mass is 291 g/mol. The molecule has 1 fully saturated rings. The number of anilines is 1. The standard InChI is InChI=1S/C15H21N3O3/c1-16-14-12(6-4-9-17-14)15(21)18-10-3-2-5-11(18)7-8-13(19)20/h4,6,9,11H,2-3,5,7-8,10H2,1H3,(H,16,17)(H,19,20)/t11-/m0/s1. The Morgan fingerprint density at radius 2 is 2.29 bits per heavy atom. The van der Waals surface area contributed by atoms with Crippen LogP contribution in [0.1, 0.15) is 42.5 Å². The molecular weight excluding hydrogens is 270 g/mol. The molecule has 114 valence electrons. The number of aromatic nitrogens is 1. The number of carbonyl (C=O) groups is 2. The first-order chi connectivity index (χ1) is 10.1. The molecule has 0 spiro atoms. The van der Waals surface area contributed by atoms with Gasteiger partial charge in [-0.15, -0.1) is 0 Å². The summed E-state index contributed by atoms with van der Waals surface area (Å²) < 4.78 is 0. The predicted molar refractivity (Wildman–Crippen MR) is 79.3 cm³/mol. The zero-order chi connectivity index (χ0) is 15.2. The lowest BCUT2D eigenvalue weighted by atomic mass is 9.97. The number of nitrogens with zero attached hydrogens (tertiary/aromatic N) is 2. The first kappa shape index (κ1) is 15.3. The second-order valence-electron chi connectivity index (χ2n) is 5.23. The van der Waals surface area contributed by atoms with Crippen LogP contribution in [0.25, 0.3) is 0 Å². The number of piperidine rings is 1. The molecule has 0 aliphatic carbocycles. The van der Waals surface area contributed by atoms with Gasteiger partial charge in [0.1, 0.15) is 5.82 Å². The van der Waals surface area contributed by atoms with Gasteiger partial charge in [0.25, 0.3) is 5.91 Å². The Hall–Kier alpha value is -2.11. The molecule has 2 heterocycles. The number of aliphatic carboxylic acids is 1. The molecule has 6 heteroatoms. The minimum atomic E-state index is -0.815. The second kappa shape index (κ2) is 7.06. The molecule has 1 saturated heterocycles. The van der Waals surface area contributed by atoms with Crippen molar-refractivity contribution in [3.63, 3.8) is 0 Å². The Bertz CT molecular complexity index is 519. The number of hydrogen-bond acceptors (Lipinski definition) is 4. The highest BCUT2D eigenvalue weighted by molar-refractivity contribution is 5.98. The lowest BCUT2D eigenvalue weighted by Crippen LogP contribution is -2.44. The van der Waals surface area contributed by atoms with Crippen LogP contribution in [0.3, 0.4) is 0 Å². The van der Waals surface area contributed by atoms with Crippen molar-refractivity contribution in [3.8, 4) is 0 Å². The number of amides is 1. The number of carbonyl (C=O) groups excluding carboxylic acids is 1. The zero-order valence-corrected chi connectivity index (χ0v) is 12.2. The molecule has 1 aromatic rings. The molecule has 0 unspecified atom stereocenters. The molecule has 1 amide bonds. The minimum absolute atomic E-state index is 0.00672. The van der Waals surface area contributed by atoms with Gasteiger partial charge in [-0.2, -0.15) is 0 Å². The van der Waals surface area contributed by atoms with E-state index in [1.807, 2.05) is 4.90 Å². The summed E-state index contributed by atoms with van der Waals surface area (Å²) in [7, 11) is 1.73. The summed E-state index contributed by atoms with van der Waals surface area (Å²) in [5, 5.41) is 11.8. The van der Waals surface area contributed by atoms with E-state index in [4.69, 9.17) is 5.11 Å². The molecule has 0 aromatic carbocycles. The van der Waals surface area contributed by atoms with Crippen molar-refractivity contribution in [2.75, 3.05) is 18.9 Å². The van der Waals surface area contributed by atoms with Crippen molar-refractivity contribution in [1.82, 2.24) is 9.88 Å². The van der Waals surface area contributed by atoms with E-state index in [2.05, 4.69) is 10.3 Å². The van der Waals surface area contributed by atoms with Gasteiger partial charge in [-0.05, 0) is 37.8 Å². The maximum atomic E-state index is 12.7. The van der Waals surface area contributed by atoms with Crippen LogP contribution in [0.15, 0.2) is 18.3 Å². The van der Waals surface area contributed by atoms with E-state index in [0.29, 0.717) is 24.3 Å². The highest BCUT2D eigenvalue weighted by Gasteiger charge is 2.29. The van der Waals surface area contributed by atoms with Crippen molar-refractivity contribution in [1.29, 1.82) is 0 Å². The fourth-order valence-electron chi connectivity index (χ4n) is 2.79. The van der Waals surface area contributed by atoms with Crippen molar-refractivity contribution >= 4 is 17.7 Å². The topological polar surface area (TPSA) is 82.5 Å². The maximum absolute atomic E-state index is 12.7. The Labute approximate surface area is 124 Å². The van der Waals surface area contributed by atoms with Gasteiger partial charge in [-0.1, -0.05) is 0 Å². The fourth-order valence-corrected chi connectivity index (χ4v) is 2.79. The van der Waals surface area contributed by atoms with E-state index < -0.39 is 5.97 Å². The first-order valence-corrected chi connectivity index (χ1v) is 7.29. The molecule has 2 N–H and O–H groups in total. The molecule has 1 aliphatic heterocycles. The average molecular weight is 291 g/mol. The number of likely N-dealkylation sites (tertiary alicyclic amines) is 1. The summed E-state index contributed by atoms with van der Waals surface area (Å²) in [5.74, 6) is -0.321. The highest BCUT2D eigenvalue weighted by atomic mass is 16.4. The maximum Gasteiger partial charge on any atom is 0.303 e. The van der Waals surface area contributed by atoms with E-state index in [0.717, 1.165) is 19.3 Å². The molecule has 0 bridgehead atoms. The molecule has 1 aromatic heterocycles. The largest absolute Gasteiger partial charge is 0.481 e. The van der Waals surface area contributed by atoms with Crippen molar-refractivity contribution in [2.45, 2.75) is 38.1 Å². The van der Waals surface area contributed by atoms with Gasteiger partial charge < -0.3 is 15.3 Å². The second-order valence-corrected chi connectivity index (χ2v) is 5.23. The number of hydrogen-bond donors (Lipinski definition) is 2. The summed E-state index contributed by atoms with van der Waals surface area (Å²) in [4.78, 5) is 29.5. The zero-order valence-electron chi connectivity index (χ0n) is 12.2. The van der Waals surface area contributed by atoms with Crippen molar-refractivity contribution < 1.29 is 14.7 Å². The summed E-state index contributed by atoms with van der Waals surface area (Å²) in [6.45, 7) is 0.682. The highest BCUT2D eigenvalue weighted by Crippen LogP contribution is 2.24. The summed E-state index contributed by atoms with van der Waals surface area (Å²) in [6.07, 6.45) is 5.12. The smallest absolute Gasteiger partial charge is 0.303 e. The third-order valence-electron chi connectivity index (χ3n) is 3.85. The third-order valence-corrected chi connectivity index (χ3v) is 3.85. The SMILES string of the molecule is CNc1ncccc1C(=O)N1CCCC[C@H]1CCC(=O)O. The molecule has 2 rings (SSSR count). The lowest BCUT2D eigenvalue weighted by molar-refractivity contribution is -0.137. The number of nitrogens with one attached hydrogen (secondary N) is 1. The van der Waals surface area contributed by atoms with Crippen LogP contribution >= 0.6 is 0 Å². The molecule has 21 heavy (non-hydrogen) atoms. The third kappa shape index (κ3) is 3.71. The molecule has 1 aliphatic rings. The number of pyridine rings is 1. The summed E-state index contributed by atoms with van der Waals surface area (Å²) in [6, 6.07) is 3.50. The Kier molecular flexibility index (Phi) is 5.14. The number of carboxylic acids is 1. The van der Waals surface area contributed by atoms with Gasteiger partial charge in [-0.3, -0.25) is 9.59 Å². The summed E-state index contributed by atoms with van der Waals surface area (Å²) >= 11 is 0. The molecule has 6 nitrogen and oxygen atoms in total. The van der Waals surface area contributed by atoms with Gasteiger partial charge in [0.15, 0.2) is 0 Å². The summed E-state index contributed by atoms with van der Waals surface area (Å²) in [5.41, 5.74) is 0.544. The van der Waals surface area contributed by atoms with Gasteiger partial charge in [0.05, 0.1) is 5.56 Å². The Morgan fingerprint density at radius 3 is 3.00 bits per heavy atom. The molecular formula is C15H21N3O3. The van der Waals surface area contributed by atoms with Crippen LogP contribution in [0, 0.1) is 0 Å². The molecule has 0 saturated carbocycles. The van der Waals surface area contributed by atoms with Gasteiger partial charge in [0.2, 0.25) is 0 Å². The van der Waals surface area contributed by atoms with E-state index in [9.17, 15) is 9.59 Å². The van der Waals surface area contributed by atoms with Crippen molar-refractivity contribution in [3.05, 3.63) is 23.9 Å². The number of rotatable bonds is 5. The minimum Gasteiger partial charge on any atom is -0.481 e. The Morgan fingerprint density at radius 1 is 1.48 bits per heavy atom. The quantitative estimate of drug-likeness (QED) is 0.867.